The highest BCUT2D eigenvalue weighted by atomic mass is 32.2. The molecule has 0 saturated carbocycles. The Morgan fingerprint density at radius 3 is 2.47 bits per heavy atom. The average Bonchev–Trinajstić information content (AvgIpc) is 2.84. The zero-order chi connectivity index (χ0) is 22.3. The fraction of sp³-hybridized carbons (Fsp3) is 0.250. The van der Waals surface area contributed by atoms with Crippen molar-refractivity contribution in [1.29, 1.82) is 10.5 Å². The molecular weight excluding hydrogens is 420 g/mol. The second kappa shape index (κ2) is 10.1. The van der Waals surface area contributed by atoms with Gasteiger partial charge in [-0.3, -0.25) is 0 Å². The van der Waals surface area contributed by atoms with Crippen LogP contribution in [-0.4, -0.2) is 48.1 Å². The van der Waals surface area contributed by atoms with Crippen molar-refractivity contribution in [1.82, 2.24) is 14.9 Å². The van der Waals surface area contributed by atoms with E-state index in [0.29, 0.717) is 29.6 Å². The summed E-state index contributed by atoms with van der Waals surface area (Å²) in [7, 11) is 2.11. The highest BCUT2D eigenvalue weighted by Gasteiger charge is 2.19. The molecular formula is C24H22N6OS. The lowest BCUT2D eigenvalue weighted by molar-refractivity contribution is 0.283. The first kappa shape index (κ1) is 21.6. The van der Waals surface area contributed by atoms with E-state index in [2.05, 4.69) is 34.0 Å². The second-order valence-corrected chi connectivity index (χ2v) is 8.58. The first-order valence-electron chi connectivity index (χ1n) is 10.2. The van der Waals surface area contributed by atoms with Crippen LogP contribution in [0.1, 0.15) is 16.7 Å². The van der Waals surface area contributed by atoms with Crippen molar-refractivity contribution in [2.75, 3.05) is 38.1 Å². The lowest BCUT2D eigenvalue weighted by Gasteiger charge is -2.32. The summed E-state index contributed by atoms with van der Waals surface area (Å²) in [6.07, 6.45) is 1.80. The van der Waals surface area contributed by atoms with Crippen LogP contribution in [0.5, 0.6) is 5.88 Å². The quantitative estimate of drug-likeness (QED) is 0.571. The van der Waals surface area contributed by atoms with Gasteiger partial charge in [0.15, 0.2) is 0 Å². The third-order valence-corrected chi connectivity index (χ3v) is 6.15. The number of hydrogen-bond acceptors (Lipinski definition) is 8. The molecule has 0 spiro atoms. The van der Waals surface area contributed by atoms with Crippen molar-refractivity contribution >= 4 is 17.7 Å². The van der Waals surface area contributed by atoms with Crippen molar-refractivity contribution in [2.45, 2.75) is 16.4 Å². The number of aromatic nitrogens is 2. The molecule has 1 fully saturated rings. The normalized spacial score (nSPS) is 13.9. The molecule has 0 bridgehead atoms. The number of benzene rings is 2. The lowest BCUT2D eigenvalue weighted by Crippen LogP contribution is -2.45. The first-order valence-corrected chi connectivity index (χ1v) is 11.1. The fourth-order valence-electron chi connectivity index (χ4n) is 3.29. The van der Waals surface area contributed by atoms with Gasteiger partial charge >= 0.3 is 0 Å². The van der Waals surface area contributed by atoms with E-state index in [1.54, 1.807) is 24.4 Å². The number of rotatable bonds is 6. The molecule has 0 N–H and O–H groups in total. The molecule has 8 heteroatoms. The third kappa shape index (κ3) is 5.36. The van der Waals surface area contributed by atoms with Gasteiger partial charge in [0.1, 0.15) is 6.61 Å². The maximum absolute atomic E-state index is 9.15. The minimum absolute atomic E-state index is 0.301. The van der Waals surface area contributed by atoms with Crippen LogP contribution in [0.2, 0.25) is 0 Å². The smallest absolute Gasteiger partial charge is 0.232 e. The van der Waals surface area contributed by atoms with Crippen molar-refractivity contribution in [3.8, 4) is 18.0 Å². The molecule has 1 aromatic heterocycles. The van der Waals surface area contributed by atoms with E-state index in [4.69, 9.17) is 20.2 Å². The number of likely N-dealkylation sites (N-methyl/N-ethyl adjacent to an activating group) is 1. The van der Waals surface area contributed by atoms with Crippen LogP contribution in [0, 0.1) is 22.7 Å². The summed E-state index contributed by atoms with van der Waals surface area (Å²) in [4.78, 5) is 15.6. The minimum Gasteiger partial charge on any atom is -0.472 e. The monoisotopic (exact) mass is 442 g/mol. The maximum atomic E-state index is 9.15. The Morgan fingerprint density at radius 1 is 1.00 bits per heavy atom. The molecule has 1 aliphatic heterocycles. The predicted molar refractivity (Wildman–Crippen MR) is 123 cm³/mol. The maximum Gasteiger partial charge on any atom is 0.232 e. The van der Waals surface area contributed by atoms with E-state index in [-0.39, 0.29) is 0 Å². The Kier molecular flexibility index (Phi) is 6.86. The highest BCUT2D eigenvalue weighted by molar-refractivity contribution is 7.99. The molecule has 2 aromatic carbocycles. The van der Waals surface area contributed by atoms with Crippen LogP contribution < -0.4 is 9.64 Å². The number of nitriles is 2. The topological polar surface area (TPSA) is 89.1 Å². The number of hydrogen-bond donors (Lipinski definition) is 0. The van der Waals surface area contributed by atoms with Crippen molar-refractivity contribution in [3.05, 3.63) is 71.4 Å². The standard InChI is InChI=1S/C24H22N6OS/c1-29-9-11-30(12-10-29)24-27-16-22(32-21-7-5-18(14-25)6-8-21)23(28-24)31-17-20-4-2-3-19(13-20)15-26/h2-8,13,16H,9-12,17H2,1H3. The molecule has 4 rings (SSSR count). The number of ether oxygens (including phenoxy) is 1. The van der Waals surface area contributed by atoms with Gasteiger partial charge in [0, 0.05) is 31.1 Å². The summed E-state index contributed by atoms with van der Waals surface area (Å²) in [6.45, 7) is 3.95. The summed E-state index contributed by atoms with van der Waals surface area (Å²) >= 11 is 1.49. The fourth-order valence-corrected chi connectivity index (χ4v) is 4.11. The molecule has 0 amide bonds. The Balaban J connectivity index is 1.58. The van der Waals surface area contributed by atoms with E-state index >= 15 is 0 Å². The Hall–Kier alpha value is -3.59. The first-order chi connectivity index (χ1) is 15.6. The van der Waals surface area contributed by atoms with Crippen LogP contribution in [0.15, 0.2) is 64.5 Å². The SMILES string of the molecule is CN1CCN(c2ncc(Sc3ccc(C#N)cc3)c(OCc3cccc(C#N)c3)n2)CC1. The molecule has 3 aromatic rings. The van der Waals surface area contributed by atoms with E-state index in [9.17, 15) is 0 Å². The van der Waals surface area contributed by atoms with Crippen LogP contribution in [0.25, 0.3) is 0 Å². The Morgan fingerprint density at radius 2 is 1.75 bits per heavy atom. The van der Waals surface area contributed by atoms with Crippen LogP contribution in [0.3, 0.4) is 0 Å². The summed E-state index contributed by atoms with van der Waals surface area (Å²) in [5.41, 5.74) is 2.11. The average molecular weight is 443 g/mol. The van der Waals surface area contributed by atoms with Crippen LogP contribution in [-0.2, 0) is 6.61 Å². The number of piperazine rings is 1. The van der Waals surface area contributed by atoms with Gasteiger partial charge in [-0.25, -0.2) is 4.98 Å². The van der Waals surface area contributed by atoms with Crippen molar-refractivity contribution in [3.63, 3.8) is 0 Å². The van der Waals surface area contributed by atoms with Gasteiger partial charge in [0.25, 0.3) is 0 Å². The Bertz CT molecular complexity index is 1160. The van der Waals surface area contributed by atoms with Crippen molar-refractivity contribution in [2.24, 2.45) is 0 Å². The molecule has 32 heavy (non-hydrogen) atoms. The summed E-state index contributed by atoms with van der Waals surface area (Å²) < 4.78 is 6.12. The van der Waals surface area contributed by atoms with E-state index in [1.165, 1.54) is 11.8 Å². The summed E-state index contributed by atoms with van der Waals surface area (Å²) in [5, 5.41) is 18.2. The van der Waals surface area contributed by atoms with Gasteiger partial charge in [-0.05, 0) is 49.0 Å². The van der Waals surface area contributed by atoms with Gasteiger partial charge in [-0.1, -0.05) is 23.9 Å². The third-order valence-electron chi connectivity index (χ3n) is 5.14. The molecule has 1 saturated heterocycles. The zero-order valence-electron chi connectivity index (χ0n) is 17.7. The van der Waals surface area contributed by atoms with Crippen LogP contribution >= 0.6 is 11.8 Å². The van der Waals surface area contributed by atoms with E-state index in [1.807, 2.05) is 30.3 Å². The molecule has 0 atom stereocenters. The minimum atomic E-state index is 0.301. The molecule has 2 heterocycles. The molecule has 7 nitrogen and oxygen atoms in total. The van der Waals surface area contributed by atoms with Gasteiger partial charge in [0.2, 0.25) is 11.8 Å². The Labute approximate surface area is 191 Å². The van der Waals surface area contributed by atoms with E-state index < -0.39 is 0 Å². The molecule has 1 aliphatic rings. The zero-order valence-corrected chi connectivity index (χ0v) is 18.5. The largest absolute Gasteiger partial charge is 0.472 e. The summed E-state index contributed by atoms with van der Waals surface area (Å²) in [5.74, 6) is 1.16. The number of nitrogens with zero attached hydrogens (tertiary/aromatic N) is 6. The molecule has 0 unspecified atom stereocenters. The van der Waals surface area contributed by atoms with Crippen LogP contribution in [0.4, 0.5) is 5.95 Å². The lowest BCUT2D eigenvalue weighted by atomic mass is 10.1. The second-order valence-electron chi connectivity index (χ2n) is 7.47. The van der Waals surface area contributed by atoms with Gasteiger partial charge < -0.3 is 14.5 Å². The molecule has 0 radical (unpaired) electrons. The van der Waals surface area contributed by atoms with Gasteiger partial charge in [0.05, 0.1) is 34.4 Å². The van der Waals surface area contributed by atoms with E-state index in [0.717, 1.165) is 41.5 Å². The van der Waals surface area contributed by atoms with Crippen molar-refractivity contribution < 1.29 is 4.74 Å². The highest BCUT2D eigenvalue weighted by Crippen LogP contribution is 2.35. The molecule has 160 valence electrons. The predicted octanol–water partition coefficient (Wildman–Crippen LogP) is 3.70. The summed E-state index contributed by atoms with van der Waals surface area (Å²) in [6, 6.07) is 19.0. The number of anilines is 1. The molecule has 0 aliphatic carbocycles. The van der Waals surface area contributed by atoms with Gasteiger partial charge in [-0.2, -0.15) is 15.5 Å². The van der Waals surface area contributed by atoms with Gasteiger partial charge in [-0.15, -0.1) is 0 Å².